The van der Waals surface area contributed by atoms with E-state index in [1.54, 1.807) is 0 Å². The molecule has 2 aromatic heterocycles. The zero-order valence-corrected chi connectivity index (χ0v) is 6.98. The van der Waals surface area contributed by atoms with Crippen LogP contribution in [-0.4, -0.2) is 9.38 Å². The van der Waals surface area contributed by atoms with Gasteiger partial charge < -0.3 is 9.38 Å². The molecule has 56 valence electrons. The van der Waals surface area contributed by atoms with Crippen LogP contribution in [-0.2, 0) is 0 Å². The quantitative estimate of drug-likeness (QED) is 0.592. The van der Waals surface area contributed by atoms with Gasteiger partial charge in [0.25, 0.3) is 0 Å². The normalized spacial score (nSPS) is 10.6. The number of imidazole rings is 1. The van der Waals surface area contributed by atoms with E-state index in [1.807, 2.05) is 31.5 Å². The summed E-state index contributed by atoms with van der Waals surface area (Å²) in [6.07, 6.45) is 3.94. The van der Waals surface area contributed by atoms with Crippen LogP contribution in [0, 0.1) is 11.4 Å². The molecule has 2 aromatic rings. The summed E-state index contributed by atoms with van der Waals surface area (Å²) in [6.45, 7) is 2.05. The number of fused-ring (bicyclic) bond motifs is 1. The van der Waals surface area contributed by atoms with Crippen molar-refractivity contribution in [2.24, 2.45) is 0 Å². The number of aromatic nitrogens is 2. The van der Waals surface area contributed by atoms with Crippen molar-refractivity contribution < 1.29 is 0 Å². The molecule has 0 aliphatic rings. The van der Waals surface area contributed by atoms with Crippen LogP contribution in [0.2, 0.25) is 0 Å². The summed E-state index contributed by atoms with van der Waals surface area (Å²) >= 11 is 5.02. The van der Waals surface area contributed by atoms with Gasteiger partial charge in [-0.25, -0.2) is 0 Å². The first-order valence-corrected chi connectivity index (χ1v) is 3.84. The number of aromatic amines is 1. The van der Waals surface area contributed by atoms with Crippen molar-refractivity contribution in [3.8, 4) is 0 Å². The lowest BCUT2D eigenvalue weighted by Gasteiger charge is -1.93. The van der Waals surface area contributed by atoms with Crippen molar-refractivity contribution in [2.75, 3.05) is 0 Å². The molecule has 0 amide bonds. The largest absolute Gasteiger partial charge is 0.346 e. The van der Waals surface area contributed by atoms with E-state index in [4.69, 9.17) is 12.2 Å². The van der Waals surface area contributed by atoms with Gasteiger partial charge in [0.2, 0.25) is 0 Å². The molecule has 0 saturated heterocycles. The zero-order valence-electron chi connectivity index (χ0n) is 6.16. The molecular formula is C8H8N2S. The van der Waals surface area contributed by atoms with Gasteiger partial charge in [-0.2, -0.15) is 0 Å². The van der Waals surface area contributed by atoms with Crippen molar-refractivity contribution in [2.45, 2.75) is 6.92 Å². The smallest absolute Gasteiger partial charge is 0.115 e. The van der Waals surface area contributed by atoms with E-state index in [9.17, 15) is 0 Å². The number of nitrogens with zero attached hydrogens (tertiary/aromatic N) is 1. The van der Waals surface area contributed by atoms with Crippen molar-refractivity contribution in [1.82, 2.24) is 9.38 Å². The van der Waals surface area contributed by atoms with E-state index in [1.165, 1.54) is 5.69 Å². The highest BCUT2D eigenvalue weighted by molar-refractivity contribution is 7.71. The fourth-order valence-electron chi connectivity index (χ4n) is 1.15. The van der Waals surface area contributed by atoms with Crippen LogP contribution in [0.1, 0.15) is 5.69 Å². The SMILES string of the molecule is Cc1c[nH]c2cc(=S)ccn12. The number of nitrogens with one attached hydrogen (secondary N) is 1. The first-order valence-electron chi connectivity index (χ1n) is 3.44. The molecule has 0 bridgehead atoms. The molecule has 0 aliphatic heterocycles. The number of hydrogen-bond acceptors (Lipinski definition) is 1. The van der Waals surface area contributed by atoms with Gasteiger partial charge in [0.05, 0.1) is 0 Å². The molecule has 3 heteroatoms. The number of rotatable bonds is 0. The molecule has 0 spiro atoms. The Morgan fingerprint density at radius 1 is 1.55 bits per heavy atom. The lowest BCUT2D eigenvalue weighted by Crippen LogP contribution is -1.84. The summed E-state index contributed by atoms with van der Waals surface area (Å²) in [5.74, 6) is 0. The number of aryl methyl sites for hydroxylation is 1. The van der Waals surface area contributed by atoms with Gasteiger partial charge >= 0.3 is 0 Å². The Morgan fingerprint density at radius 2 is 2.36 bits per heavy atom. The van der Waals surface area contributed by atoms with Gasteiger partial charge in [-0.15, -0.1) is 0 Å². The number of hydrogen-bond donors (Lipinski definition) is 1. The van der Waals surface area contributed by atoms with Crippen molar-refractivity contribution in [3.63, 3.8) is 0 Å². The third kappa shape index (κ3) is 0.973. The molecule has 11 heavy (non-hydrogen) atoms. The van der Waals surface area contributed by atoms with E-state index in [0.29, 0.717) is 0 Å². The van der Waals surface area contributed by atoms with E-state index in [0.717, 1.165) is 10.2 Å². The third-order valence-electron chi connectivity index (χ3n) is 1.74. The summed E-state index contributed by atoms with van der Waals surface area (Å²) in [4.78, 5) is 3.12. The van der Waals surface area contributed by atoms with Crippen LogP contribution in [0.4, 0.5) is 0 Å². The third-order valence-corrected chi connectivity index (χ3v) is 1.99. The highest BCUT2D eigenvalue weighted by atomic mass is 32.1. The fraction of sp³-hybridized carbons (Fsp3) is 0.125. The Bertz CT molecular complexity index is 439. The maximum Gasteiger partial charge on any atom is 0.115 e. The number of pyridine rings is 1. The van der Waals surface area contributed by atoms with Crippen LogP contribution in [0.25, 0.3) is 5.65 Å². The standard InChI is InChI=1S/C8H8N2S/c1-6-5-9-8-4-7(11)2-3-10(6)8/h2-5,9H,1H3. The second-order valence-electron chi connectivity index (χ2n) is 2.55. The Labute approximate surface area is 69.5 Å². The zero-order chi connectivity index (χ0) is 7.84. The monoisotopic (exact) mass is 164 g/mol. The second kappa shape index (κ2) is 2.20. The topological polar surface area (TPSA) is 20.2 Å². The average Bonchev–Trinajstić information content (AvgIpc) is 2.32. The molecule has 0 unspecified atom stereocenters. The Morgan fingerprint density at radius 3 is 3.18 bits per heavy atom. The first kappa shape index (κ1) is 6.61. The maximum atomic E-state index is 5.02. The Hall–Kier alpha value is -1.09. The summed E-state index contributed by atoms with van der Waals surface area (Å²) < 4.78 is 2.93. The van der Waals surface area contributed by atoms with Crippen LogP contribution >= 0.6 is 12.2 Å². The first-order chi connectivity index (χ1) is 5.27. The van der Waals surface area contributed by atoms with Crippen LogP contribution in [0.15, 0.2) is 24.5 Å². The van der Waals surface area contributed by atoms with Crippen LogP contribution < -0.4 is 0 Å². The summed E-state index contributed by atoms with van der Waals surface area (Å²) in [7, 11) is 0. The van der Waals surface area contributed by atoms with Gasteiger partial charge in [0.15, 0.2) is 0 Å². The minimum Gasteiger partial charge on any atom is -0.346 e. The summed E-state index contributed by atoms with van der Waals surface area (Å²) in [6, 6.07) is 3.87. The Balaban J connectivity index is 2.96. The molecule has 0 radical (unpaired) electrons. The van der Waals surface area contributed by atoms with Crippen molar-refractivity contribution >= 4 is 17.9 Å². The molecule has 2 nitrogen and oxygen atoms in total. The minimum absolute atomic E-state index is 0.867. The molecule has 0 fully saturated rings. The lowest BCUT2D eigenvalue weighted by atomic mass is 10.4. The van der Waals surface area contributed by atoms with Crippen LogP contribution in [0.5, 0.6) is 0 Å². The molecule has 0 saturated carbocycles. The summed E-state index contributed by atoms with van der Waals surface area (Å²) in [5.41, 5.74) is 2.24. The van der Waals surface area contributed by atoms with Crippen LogP contribution in [0.3, 0.4) is 0 Å². The lowest BCUT2D eigenvalue weighted by molar-refractivity contribution is 1.11. The predicted octanol–water partition coefficient (Wildman–Crippen LogP) is 2.31. The molecule has 0 aromatic carbocycles. The molecule has 2 rings (SSSR count). The average molecular weight is 164 g/mol. The highest BCUT2D eigenvalue weighted by Crippen LogP contribution is 2.04. The predicted molar refractivity (Wildman–Crippen MR) is 47.3 cm³/mol. The molecule has 2 heterocycles. The van der Waals surface area contributed by atoms with Gasteiger partial charge in [-0.05, 0) is 19.1 Å². The van der Waals surface area contributed by atoms with E-state index in [-0.39, 0.29) is 0 Å². The highest BCUT2D eigenvalue weighted by Gasteiger charge is 1.93. The number of H-pyrrole nitrogens is 1. The van der Waals surface area contributed by atoms with Crippen molar-refractivity contribution in [3.05, 3.63) is 34.7 Å². The second-order valence-corrected chi connectivity index (χ2v) is 3.02. The van der Waals surface area contributed by atoms with Gasteiger partial charge in [0.1, 0.15) is 5.65 Å². The Kier molecular flexibility index (Phi) is 1.32. The van der Waals surface area contributed by atoms with E-state index < -0.39 is 0 Å². The minimum atomic E-state index is 0.867. The van der Waals surface area contributed by atoms with Crippen molar-refractivity contribution in [1.29, 1.82) is 0 Å². The summed E-state index contributed by atoms with van der Waals surface area (Å²) in [5, 5.41) is 0. The van der Waals surface area contributed by atoms with Gasteiger partial charge in [-0.3, -0.25) is 0 Å². The molecule has 0 aliphatic carbocycles. The van der Waals surface area contributed by atoms with E-state index in [2.05, 4.69) is 9.38 Å². The fourth-order valence-corrected chi connectivity index (χ4v) is 1.32. The molecular weight excluding hydrogens is 156 g/mol. The van der Waals surface area contributed by atoms with Gasteiger partial charge in [0, 0.05) is 22.6 Å². The van der Waals surface area contributed by atoms with E-state index >= 15 is 0 Å². The molecule has 1 N–H and O–H groups in total. The molecule has 0 atom stereocenters. The van der Waals surface area contributed by atoms with Gasteiger partial charge in [-0.1, -0.05) is 12.2 Å². The maximum absolute atomic E-state index is 5.02.